The molecule has 0 aliphatic carbocycles. The van der Waals surface area contributed by atoms with Gasteiger partial charge in [-0.05, 0) is 46.7 Å². The van der Waals surface area contributed by atoms with Crippen molar-refractivity contribution in [1.82, 2.24) is 15.0 Å². The lowest BCUT2D eigenvalue weighted by molar-refractivity contribution is 0.221. The van der Waals surface area contributed by atoms with Crippen LogP contribution in [0.15, 0.2) is 22.4 Å². The molecule has 3 rings (SSSR count). The van der Waals surface area contributed by atoms with E-state index in [-0.39, 0.29) is 0 Å². The summed E-state index contributed by atoms with van der Waals surface area (Å²) in [5.41, 5.74) is 1.18. The zero-order valence-corrected chi connectivity index (χ0v) is 14.9. The van der Waals surface area contributed by atoms with E-state index in [0.29, 0.717) is 5.92 Å². The number of aromatic nitrogens is 3. The predicted molar refractivity (Wildman–Crippen MR) is 91.7 cm³/mol. The number of rotatable bonds is 5. The number of ether oxygens (including phenoxy) is 1. The Morgan fingerprint density at radius 2 is 1.95 bits per heavy atom. The van der Waals surface area contributed by atoms with E-state index in [4.69, 9.17) is 4.74 Å². The Morgan fingerprint density at radius 1 is 1.23 bits per heavy atom. The quantitative estimate of drug-likeness (QED) is 0.790. The minimum atomic E-state index is 0.578. The van der Waals surface area contributed by atoms with Crippen molar-refractivity contribution in [3.05, 3.63) is 27.9 Å². The molecule has 1 fully saturated rings. The molecule has 0 radical (unpaired) electrons. The van der Waals surface area contributed by atoms with Crippen LogP contribution in [0.3, 0.4) is 0 Å². The smallest absolute Gasteiger partial charge is 0.274 e. The topological polar surface area (TPSA) is 51.1 Å². The second-order valence-electron chi connectivity index (χ2n) is 5.42. The van der Waals surface area contributed by atoms with E-state index in [9.17, 15) is 0 Å². The summed E-state index contributed by atoms with van der Waals surface area (Å²) in [6.07, 6.45) is 8.82. The summed E-state index contributed by atoms with van der Waals surface area (Å²) in [6.45, 7) is 4.83. The monoisotopic (exact) mass is 382 g/mol. The zero-order chi connectivity index (χ0) is 15.4. The van der Waals surface area contributed by atoms with Crippen LogP contribution in [0, 0.1) is 5.92 Å². The maximum atomic E-state index is 5.77. The molecule has 22 heavy (non-hydrogen) atoms. The molecule has 0 aromatic carbocycles. The van der Waals surface area contributed by atoms with Crippen LogP contribution in [0.25, 0.3) is 0 Å². The normalized spacial score (nSPS) is 16.0. The molecule has 0 bridgehead atoms. The summed E-state index contributed by atoms with van der Waals surface area (Å²) in [5.74, 6) is 1.43. The van der Waals surface area contributed by atoms with Crippen LogP contribution in [-0.4, -0.2) is 34.6 Å². The molecule has 5 nitrogen and oxygen atoms in total. The van der Waals surface area contributed by atoms with Gasteiger partial charge in [0.25, 0.3) is 5.19 Å². The van der Waals surface area contributed by atoms with Gasteiger partial charge in [0.2, 0.25) is 5.95 Å². The van der Waals surface area contributed by atoms with Gasteiger partial charge in [-0.15, -0.1) is 0 Å². The van der Waals surface area contributed by atoms with E-state index in [2.05, 4.69) is 42.7 Å². The third-order valence-corrected chi connectivity index (χ3v) is 5.28. The molecule has 118 valence electrons. The first-order chi connectivity index (χ1) is 10.7. The average molecular weight is 383 g/mol. The minimum Gasteiger partial charge on any atom is -0.470 e. The van der Waals surface area contributed by atoms with Crippen LogP contribution in [0.1, 0.15) is 25.3 Å². The summed E-state index contributed by atoms with van der Waals surface area (Å²) in [6, 6.07) is 0. The van der Waals surface area contributed by atoms with Crippen molar-refractivity contribution in [2.45, 2.75) is 26.2 Å². The van der Waals surface area contributed by atoms with Gasteiger partial charge < -0.3 is 9.64 Å². The predicted octanol–water partition coefficient (Wildman–Crippen LogP) is 3.55. The molecule has 2 aromatic rings. The number of nitrogens with zero attached hydrogens (tertiary/aromatic N) is 4. The highest BCUT2D eigenvalue weighted by Crippen LogP contribution is 2.27. The fraction of sp³-hybridized carbons (Fsp3) is 0.533. The molecular weight excluding hydrogens is 364 g/mol. The fourth-order valence-electron chi connectivity index (χ4n) is 2.49. The van der Waals surface area contributed by atoms with E-state index in [1.54, 1.807) is 6.20 Å². The average Bonchev–Trinajstić information content (AvgIpc) is 2.99. The van der Waals surface area contributed by atoms with Crippen molar-refractivity contribution in [2.24, 2.45) is 5.92 Å². The van der Waals surface area contributed by atoms with Crippen LogP contribution in [0.2, 0.25) is 0 Å². The van der Waals surface area contributed by atoms with Crippen LogP contribution in [0.5, 0.6) is 5.19 Å². The number of anilines is 1. The Kier molecular flexibility index (Phi) is 5.25. The van der Waals surface area contributed by atoms with E-state index in [0.717, 1.165) is 53.9 Å². The second-order valence-corrected chi connectivity index (χ2v) is 7.79. The molecule has 0 unspecified atom stereocenters. The Balaban J connectivity index is 1.47. The van der Waals surface area contributed by atoms with Gasteiger partial charge in [0.05, 0.1) is 16.6 Å². The van der Waals surface area contributed by atoms with E-state index in [1.165, 1.54) is 16.9 Å². The molecule has 0 atom stereocenters. The first-order valence-electron chi connectivity index (χ1n) is 7.54. The third kappa shape index (κ3) is 3.95. The molecule has 3 heterocycles. The van der Waals surface area contributed by atoms with Gasteiger partial charge in [-0.25, -0.2) is 15.0 Å². The molecular formula is C15H19BrN4OS. The van der Waals surface area contributed by atoms with Crippen molar-refractivity contribution in [3.63, 3.8) is 0 Å². The lowest BCUT2D eigenvalue weighted by Crippen LogP contribution is -2.36. The number of piperidine rings is 1. The van der Waals surface area contributed by atoms with Crippen molar-refractivity contribution in [3.8, 4) is 5.19 Å². The summed E-state index contributed by atoms with van der Waals surface area (Å²) < 4.78 is 6.77. The highest BCUT2D eigenvalue weighted by Gasteiger charge is 2.21. The molecule has 1 aliphatic heterocycles. The Bertz CT molecular complexity index is 596. The summed E-state index contributed by atoms with van der Waals surface area (Å²) in [5, 5.41) is 0.743. The van der Waals surface area contributed by atoms with Gasteiger partial charge in [0.1, 0.15) is 0 Å². The molecule has 0 saturated carbocycles. The lowest BCUT2D eigenvalue weighted by Gasteiger charge is -2.31. The molecule has 2 aromatic heterocycles. The third-order valence-electron chi connectivity index (χ3n) is 3.90. The van der Waals surface area contributed by atoms with Crippen LogP contribution in [-0.2, 0) is 6.42 Å². The van der Waals surface area contributed by atoms with Gasteiger partial charge in [0.15, 0.2) is 0 Å². The summed E-state index contributed by atoms with van der Waals surface area (Å²) in [4.78, 5) is 15.4. The van der Waals surface area contributed by atoms with Crippen LogP contribution in [0.4, 0.5) is 5.95 Å². The summed E-state index contributed by atoms with van der Waals surface area (Å²) >= 11 is 4.93. The molecule has 0 N–H and O–H groups in total. The summed E-state index contributed by atoms with van der Waals surface area (Å²) in [7, 11) is 0. The highest BCUT2D eigenvalue weighted by atomic mass is 79.9. The number of thiazole rings is 1. The first kappa shape index (κ1) is 15.7. The standard InChI is InChI=1S/C15H19BrN4OS/c1-2-11-7-17-14(18-8-11)20-5-3-12(4-6-20)10-21-15-19-9-13(16)22-15/h7-9,12H,2-6,10H2,1H3. The minimum absolute atomic E-state index is 0.578. The largest absolute Gasteiger partial charge is 0.470 e. The fourth-order valence-corrected chi connectivity index (χ4v) is 3.51. The van der Waals surface area contributed by atoms with Crippen molar-refractivity contribution < 1.29 is 4.74 Å². The SMILES string of the molecule is CCc1cnc(N2CCC(COc3ncc(Br)s3)CC2)nc1. The Morgan fingerprint density at radius 3 is 2.55 bits per heavy atom. The second kappa shape index (κ2) is 7.37. The van der Waals surface area contributed by atoms with Crippen molar-refractivity contribution in [1.29, 1.82) is 0 Å². The van der Waals surface area contributed by atoms with Gasteiger partial charge >= 0.3 is 0 Å². The van der Waals surface area contributed by atoms with Gasteiger partial charge in [0, 0.05) is 25.5 Å². The van der Waals surface area contributed by atoms with Gasteiger partial charge in [-0.2, -0.15) is 0 Å². The lowest BCUT2D eigenvalue weighted by atomic mass is 9.98. The maximum Gasteiger partial charge on any atom is 0.274 e. The van der Waals surface area contributed by atoms with Gasteiger partial charge in [-0.1, -0.05) is 18.3 Å². The maximum absolute atomic E-state index is 5.77. The first-order valence-corrected chi connectivity index (χ1v) is 9.15. The highest BCUT2D eigenvalue weighted by molar-refractivity contribution is 9.11. The van der Waals surface area contributed by atoms with Crippen molar-refractivity contribution in [2.75, 3.05) is 24.6 Å². The number of aryl methyl sites for hydroxylation is 1. The van der Waals surface area contributed by atoms with Crippen LogP contribution < -0.4 is 9.64 Å². The van der Waals surface area contributed by atoms with Crippen molar-refractivity contribution >= 4 is 33.2 Å². The van der Waals surface area contributed by atoms with E-state index >= 15 is 0 Å². The Hall–Kier alpha value is -1.21. The zero-order valence-electron chi connectivity index (χ0n) is 12.5. The molecule has 0 spiro atoms. The molecule has 1 saturated heterocycles. The number of halogens is 1. The molecule has 0 amide bonds. The van der Waals surface area contributed by atoms with E-state index < -0.39 is 0 Å². The number of hydrogen-bond acceptors (Lipinski definition) is 6. The molecule has 7 heteroatoms. The van der Waals surface area contributed by atoms with E-state index in [1.807, 2.05) is 12.4 Å². The van der Waals surface area contributed by atoms with Gasteiger partial charge in [-0.3, -0.25) is 0 Å². The number of hydrogen-bond donors (Lipinski definition) is 0. The Labute approximate surface area is 142 Å². The van der Waals surface area contributed by atoms with Crippen LogP contribution >= 0.6 is 27.3 Å². The molecule has 1 aliphatic rings.